The summed E-state index contributed by atoms with van der Waals surface area (Å²) in [6.07, 6.45) is -0.612. The summed E-state index contributed by atoms with van der Waals surface area (Å²) in [6.45, 7) is 6.80. The van der Waals surface area contributed by atoms with E-state index in [-0.39, 0.29) is 29.4 Å². The number of rotatable bonds is 5. The zero-order chi connectivity index (χ0) is 19.4. The lowest BCUT2D eigenvalue weighted by atomic mass is 9.97. The highest BCUT2D eigenvalue weighted by molar-refractivity contribution is 14.0. The molecule has 0 saturated carbocycles. The predicted octanol–water partition coefficient (Wildman–Crippen LogP) is 3.60. The fraction of sp³-hybridized carbons (Fsp3) is 0.421. The lowest BCUT2D eigenvalue weighted by Gasteiger charge is -2.13. The third kappa shape index (κ3) is 5.65. The summed E-state index contributed by atoms with van der Waals surface area (Å²) in [6, 6.07) is 10.1. The number of halogens is 1. The molecule has 7 nitrogen and oxygen atoms in total. The van der Waals surface area contributed by atoms with Crippen LogP contribution < -0.4 is 10.6 Å². The highest BCUT2D eigenvalue weighted by Crippen LogP contribution is 2.29. The number of nitrogens with one attached hydrogen (secondary N) is 2. The van der Waals surface area contributed by atoms with Crippen molar-refractivity contribution in [3.63, 3.8) is 0 Å². The maximum Gasteiger partial charge on any atom is 0.232 e. The molecule has 1 atom stereocenters. The van der Waals surface area contributed by atoms with Crippen molar-refractivity contribution in [2.45, 2.75) is 38.8 Å². The molecule has 0 bridgehead atoms. The van der Waals surface area contributed by atoms with E-state index in [0.717, 1.165) is 10.3 Å². The molecule has 0 saturated heterocycles. The molecule has 0 aliphatic heterocycles. The Hall–Kier alpha value is -1.72. The highest BCUT2D eigenvalue weighted by Gasteiger charge is 2.21. The largest absolute Gasteiger partial charge is 0.386 e. The van der Waals surface area contributed by atoms with Crippen molar-refractivity contribution < 1.29 is 9.63 Å². The van der Waals surface area contributed by atoms with E-state index in [1.165, 1.54) is 4.70 Å². The molecule has 0 radical (unpaired) electrons. The summed E-state index contributed by atoms with van der Waals surface area (Å²) >= 11 is 1.60. The Balaban J connectivity index is 0.00000280. The van der Waals surface area contributed by atoms with Crippen LogP contribution in [0, 0.1) is 0 Å². The van der Waals surface area contributed by atoms with E-state index in [0.29, 0.717) is 30.8 Å². The van der Waals surface area contributed by atoms with E-state index in [2.05, 4.69) is 31.8 Å². The van der Waals surface area contributed by atoms with Crippen LogP contribution in [0.5, 0.6) is 0 Å². The van der Waals surface area contributed by atoms with E-state index in [9.17, 15) is 5.11 Å². The zero-order valence-corrected chi connectivity index (χ0v) is 19.5. The molecular weight excluding hydrogens is 489 g/mol. The third-order valence-corrected chi connectivity index (χ3v) is 5.20. The first-order chi connectivity index (χ1) is 12.9. The number of nitrogens with zero attached hydrogens (tertiary/aromatic N) is 3. The van der Waals surface area contributed by atoms with Gasteiger partial charge in [-0.25, -0.2) is 0 Å². The van der Waals surface area contributed by atoms with E-state index in [1.807, 2.05) is 45.0 Å². The summed E-state index contributed by atoms with van der Waals surface area (Å²) < 4.78 is 6.45. The van der Waals surface area contributed by atoms with Crippen LogP contribution in [0.15, 0.2) is 39.8 Å². The van der Waals surface area contributed by atoms with E-state index >= 15 is 0 Å². The highest BCUT2D eigenvalue weighted by atomic mass is 127. The van der Waals surface area contributed by atoms with Gasteiger partial charge in [-0.3, -0.25) is 4.99 Å². The Labute approximate surface area is 185 Å². The molecule has 0 spiro atoms. The lowest BCUT2D eigenvalue weighted by Crippen LogP contribution is -2.39. The van der Waals surface area contributed by atoms with Gasteiger partial charge in [-0.15, -0.1) is 35.3 Å². The van der Waals surface area contributed by atoms with Gasteiger partial charge in [0.15, 0.2) is 11.8 Å². The number of benzene rings is 1. The maximum atomic E-state index is 10.5. The van der Waals surface area contributed by atoms with Crippen LogP contribution in [0.4, 0.5) is 0 Å². The molecule has 0 aliphatic rings. The van der Waals surface area contributed by atoms with Crippen molar-refractivity contribution in [3.8, 4) is 0 Å². The molecule has 28 heavy (non-hydrogen) atoms. The Bertz CT molecular complexity index is 899. The Morgan fingerprint density at radius 2 is 2.04 bits per heavy atom. The number of hydrogen-bond acceptors (Lipinski definition) is 6. The minimum Gasteiger partial charge on any atom is -0.386 e. The van der Waals surface area contributed by atoms with Gasteiger partial charge in [0.05, 0.1) is 6.54 Å². The van der Waals surface area contributed by atoms with E-state index in [1.54, 1.807) is 18.4 Å². The van der Waals surface area contributed by atoms with Gasteiger partial charge in [0, 0.05) is 28.6 Å². The fourth-order valence-electron chi connectivity index (χ4n) is 2.47. The molecule has 3 rings (SSSR count). The van der Waals surface area contributed by atoms with E-state index in [4.69, 9.17) is 4.52 Å². The van der Waals surface area contributed by atoms with Gasteiger partial charge in [0.25, 0.3) is 0 Å². The van der Waals surface area contributed by atoms with Crippen LogP contribution in [-0.4, -0.2) is 34.8 Å². The number of aliphatic imine (C=N–C) groups is 1. The minimum atomic E-state index is -0.612. The number of hydrogen-bond donors (Lipinski definition) is 3. The second-order valence-corrected chi connectivity index (χ2v) is 8.39. The number of fused-ring (bicyclic) bond motifs is 1. The van der Waals surface area contributed by atoms with Crippen molar-refractivity contribution in [3.05, 3.63) is 46.9 Å². The topological polar surface area (TPSA) is 95.6 Å². The second-order valence-electron chi connectivity index (χ2n) is 7.27. The van der Waals surface area contributed by atoms with Crippen molar-refractivity contribution in [2.24, 2.45) is 4.99 Å². The first kappa shape index (κ1) is 22.6. The van der Waals surface area contributed by atoms with Crippen molar-refractivity contribution in [1.82, 2.24) is 20.8 Å². The Kier molecular flexibility index (Phi) is 7.79. The molecule has 1 aromatic carbocycles. The summed E-state index contributed by atoms with van der Waals surface area (Å²) in [5.41, 5.74) is -0.181. The van der Waals surface area contributed by atoms with Crippen molar-refractivity contribution >= 4 is 51.4 Å². The van der Waals surface area contributed by atoms with Crippen molar-refractivity contribution in [1.29, 1.82) is 0 Å². The molecule has 2 heterocycles. The smallest absolute Gasteiger partial charge is 0.232 e. The number of aromatic nitrogens is 2. The van der Waals surface area contributed by atoms with Gasteiger partial charge in [-0.2, -0.15) is 4.98 Å². The molecule has 9 heteroatoms. The summed E-state index contributed by atoms with van der Waals surface area (Å²) in [5.74, 6) is 1.73. The molecule has 3 aromatic rings. The average molecular weight is 515 g/mol. The molecule has 3 N–H and O–H groups in total. The quantitative estimate of drug-likeness (QED) is 0.273. The average Bonchev–Trinajstić information content (AvgIpc) is 3.28. The Morgan fingerprint density at radius 1 is 1.29 bits per heavy atom. The second kappa shape index (κ2) is 9.66. The summed E-state index contributed by atoms with van der Waals surface area (Å²) in [5, 5.41) is 21.8. The number of aliphatic hydroxyl groups excluding tert-OH is 1. The number of thiophene rings is 1. The monoisotopic (exact) mass is 515 g/mol. The van der Waals surface area contributed by atoms with Gasteiger partial charge in [0.1, 0.15) is 6.10 Å². The normalized spacial score (nSPS) is 13.2. The lowest BCUT2D eigenvalue weighted by molar-refractivity contribution is 0.184. The van der Waals surface area contributed by atoms with Crippen LogP contribution in [0.2, 0.25) is 0 Å². The minimum absolute atomic E-state index is 0. The summed E-state index contributed by atoms with van der Waals surface area (Å²) in [7, 11) is 1.68. The molecule has 2 aromatic heterocycles. The zero-order valence-electron chi connectivity index (χ0n) is 16.4. The molecule has 152 valence electrons. The number of guanidine groups is 1. The maximum absolute atomic E-state index is 10.5. The van der Waals surface area contributed by atoms with Crippen LogP contribution in [0.25, 0.3) is 10.1 Å². The standard InChI is InChI=1S/C19H25N5O2S.HI/c1-19(2,3)17-23-16(24-26-17)11-22-18(20-4)21-10-13(25)15-9-12-7-5-6-8-14(12)27-15;/h5-9,13,25H,10-11H2,1-4H3,(H2,20,21,22);1H. The van der Waals surface area contributed by atoms with Gasteiger partial charge in [0.2, 0.25) is 5.89 Å². The van der Waals surface area contributed by atoms with Gasteiger partial charge in [-0.05, 0) is 17.5 Å². The third-order valence-electron chi connectivity index (χ3n) is 3.98. The Morgan fingerprint density at radius 3 is 2.68 bits per heavy atom. The van der Waals surface area contributed by atoms with Crippen LogP contribution in [0.3, 0.4) is 0 Å². The van der Waals surface area contributed by atoms with E-state index < -0.39 is 6.10 Å². The molecule has 0 fully saturated rings. The molecule has 0 aliphatic carbocycles. The van der Waals surface area contributed by atoms with Crippen LogP contribution in [0.1, 0.15) is 43.5 Å². The molecule has 1 unspecified atom stereocenters. The first-order valence-corrected chi connectivity index (χ1v) is 9.62. The van der Waals surface area contributed by atoms with Gasteiger partial charge < -0.3 is 20.3 Å². The SMILES string of the molecule is CN=C(NCc1noc(C(C)(C)C)n1)NCC(O)c1cc2ccccc2s1.I. The molecular formula is C19H26IN5O2S. The number of aliphatic hydroxyl groups is 1. The predicted molar refractivity (Wildman–Crippen MR) is 123 cm³/mol. The fourth-order valence-corrected chi connectivity index (χ4v) is 3.52. The van der Waals surface area contributed by atoms with Crippen LogP contribution >= 0.6 is 35.3 Å². The van der Waals surface area contributed by atoms with Gasteiger partial charge >= 0.3 is 0 Å². The van der Waals surface area contributed by atoms with Crippen molar-refractivity contribution in [2.75, 3.05) is 13.6 Å². The summed E-state index contributed by atoms with van der Waals surface area (Å²) in [4.78, 5) is 9.47. The first-order valence-electron chi connectivity index (χ1n) is 8.81. The molecule has 0 amide bonds. The van der Waals surface area contributed by atoms with Gasteiger partial charge in [-0.1, -0.05) is 44.1 Å². The van der Waals surface area contributed by atoms with Crippen LogP contribution in [-0.2, 0) is 12.0 Å².